The third-order valence-corrected chi connectivity index (χ3v) is 2.21. The Morgan fingerprint density at radius 1 is 1.44 bits per heavy atom. The number of nitrogens with one attached hydrogen (secondary N) is 2. The van der Waals surface area contributed by atoms with E-state index in [1.54, 1.807) is 19.9 Å². The van der Waals surface area contributed by atoms with Crippen LogP contribution in [0, 0.1) is 20.8 Å². The summed E-state index contributed by atoms with van der Waals surface area (Å²) in [6.45, 7) is 5.34. The van der Waals surface area contributed by atoms with Gasteiger partial charge in [0.25, 0.3) is 5.91 Å². The fourth-order valence-electron chi connectivity index (χ4n) is 1.37. The summed E-state index contributed by atoms with van der Waals surface area (Å²) in [7, 11) is 0. The van der Waals surface area contributed by atoms with Crippen LogP contribution in [0.4, 0.5) is 5.69 Å². The molecule has 0 saturated carbocycles. The fraction of sp³-hybridized carbons (Fsp3) is 0.300. The van der Waals surface area contributed by atoms with Crippen LogP contribution in [0.15, 0.2) is 10.6 Å². The van der Waals surface area contributed by atoms with E-state index in [-0.39, 0.29) is 5.91 Å². The van der Waals surface area contributed by atoms with Gasteiger partial charge in [0.2, 0.25) is 0 Å². The smallest absolute Gasteiger partial charge is 0.276 e. The van der Waals surface area contributed by atoms with Crippen LogP contribution in [0.3, 0.4) is 0 Å². The molecule has 0 spiro atoms. The third-order valence-electron chi connectivity index (χ3n) is 2.21. The van der Waals surface area contributed by atoms with E-state index in [9.17, 15) is 4.79 Å². The summed E-state index contributed by atoms with van der Waals surface area (Å²) in [5.74, 6) is 0.303. The highest BCUT2D eigenvalue weighted by Crippen LogP contribution is 2.19. The van der Waals surface area contributed by atoms with Gasteiger partial charge in [0.05, 0.1) is 0 Å². The van der Waals surface area contributed by atoms with Crippen molar-refractivity contribution in [1.82, 2.24) is 15.4 Å². The van der Waals surface area contributed by atoms with Gasteiger partial charge < -0.3 is 9.84 Å². The van der Waals surface area contributed by atoms with Crippen molar-refractivity contribution in [2.75, 3.05) is 5.32 Å². The molecular weight excluding hydrogens is 208 g/mol. The molecule has 2 N–H and O–H groups in total. The average Bonchev–Trinajstić information content (AvgIpc) is 2.79. The maximum Gasteiger partial charge on any atom is 0.276 e. The van der Waals surface area contributed by atoms with Gasteiger partial charge >= 0.3 is 0 Å². The van der Waals surface area contributed by atoms with Gasteiger partial charge in [0.15, 0.2) is 11.5 Å². The first-order valence-electron chi connectivity index (χ1n) is 4.84. The molecule has 6 heteroatoms. The summed E-state index contributed by atoms with van der Waals surface area (Å²) in [5, 5.41) is 13.0. The molecule has 0 fully saturated rings. The highest BCUT2D eigenvalue weighted by molar-refractivity contribution is 6.03. The zero-order valence-corrected chi connectivity index (χ0v) is 9.29. The summed E-state index contributed by atoms with van der Waals surface area (Å²) in [5.41, 5.74) is 2.44. The first-order valence-corrected chi connectivity index (χ1v) is 4.84. The summed E-state index contributed by atoms with van der Waals surface area (Å²) in [4.78, 5) is 11.8. The van der Waals surface area contributed by atoms with E-state index in [1.807, 2.05) is 6.92 Å². The largest absolute Gasteiger partial charge is 0.359 e. The highest BCUT2D eigenvalue weighted by Gasteiger charge is 2.15. The highest BCUT2D eigenvalue weighted by atomic mass is 16.5. The van der Waals surface area contributed by atoms with Crippen LogP contribution < -0.4 is 5.32 Å². The lowest BCUT2D eigenvalue weighted by Crippen LogP contribution is -2.13. The minimum atomic E-state index is -0.279. The summed E-state index contributed by atoms with van der Waals surface area (Å²) < 4.78 is 4.94. The molecule has 6 nitrogen and oxygen atoms in total. The SMILES string of the molecule is Cc1cc(C(=O)Nc2c(C)noc2C)n[nH]1. The first-order chi connectivity index (χ1) is 7.58. The Morgan fingerprint density at radius 3 is 2.69 bits per heavy atom. The Balaban J connectivity index is 2.20. The van der Waals surface area contributed by atoms with E-state index in [0.29, 0.717) is 22.8 Å². The Labute approximate surface area is 92.0 Å². The lowest BCUT2D eigenvalue weighted by molar-refractivity contribution is 0.102. The second-order valence-electron chi connectivity index (χ2n) is 3.59. The van der Waals surface area contributed by atoms with Crippen LogP contribution in [-0.4, -0.2) is 21.3 Å². The van der Waals surface area contributed by atoms with Gasteiger partial charge in [-0.3, -0.25) is 9.89 Å². The van der Waals surface area contributed by atoms with E-state index in [2.05, 4.69) is 20.7 Å². The lowest BCUT2D eigenvalue weighted by atomic mass is 10.3. The molecule has 84 valence electrons. The number of aromatic amines is 1. The van der Waals surface area contributed by atoms with E-state index in [1.165, 1.54) is 0 Å². The molecular formula is C10H12N4O2. The number of amides is 1. The van der Waals surface area contributed by atoms with Crippen molar-refractivity contribution in [1.29, 1.82) is 0 Å². The van der Waals surface area contributed by atoms with Crippen molar-refractivity contribution < 1.29 is 9.32 Å². The average molecular weight is 220 g/mol. The maximum atomic E-state index is 11.8. The van der Waals surface area contributed by atoms with E-state index >= 15 is 0 Å². The van der Waals surface area contributed by atoms with Crippen LogP contribution in [0.5, 0.6) is 0 Å². The molecule has 0 radical (unpaired) electrons. The number of H-pyrrole nitrogens is 1. The second-order valence-corrected chi connectivity index (χ2v) is 3.59. The summed E-state index contributed by atoms with van der Waals surface area (Å²) in [6, 6.07) is 1.67. The van der Waals surface area contributed by atoms with Crippen molar-refractivity contribution in [2.45, 2.75) is 20.8 Å². The quantitative estimate of drug-likeness (QED) is 0.804. The molecule has 2 aromatic rings. The summed E-state index contributed by atoms with van der Waals surface area (Å²) in [6.07, 6.45) is 0. The van der Waals surface area contributed by atoms with E-state index in [4.69, 9.17) is 4.52 Å². The number of hydrogen-bond donors (Lipinski definition) is 2. The van der Waals surface area contributed by atoms with Crippen molar-refractivity contribution in [3.63, 3.8) is 0 Å². The van der Waals surface area contributed by atoms with Crippen LogP contribution >= 0.6 is 0 Å². The second kappa shape index (κ2) is 3.80. The van der Waals surface area contributed by atoms with Gasteiger partial charge in [-0.2, -0.15) is 5.10 Å². The molecule has 0 atom stereocenters. The number of carbonyl (C=O) groups is 1. The molecule has 0 unspecified atom stereocenters. The van der Waals surface area contributed by atoms with E-state index in [0.717, 1.165) is 5.69 Å². The van der Waals surface area contributed by atoms with Crippen molar-refractivity contribution >= 4 is 11.6 Å². The molecule has 16 heavy (non-hydrogen) atoms. The predicted molar refractivity (Wildman–Crippen MR) is 57.3 cm³/mol. The Kier molecular flexibility index (Phi) is 2.47. The van der Waals surface area contributed by atoms with Crippen molar-refractivity contribution in [2.24, 2.45) is 0 Å². The number of hydrogen-bond acceptors (Lipinski definition) is 4. The van der Waals surface area contributed by atoms with Gasteiger partial charge in [-0.15, -0.1) is 0 Å². The number of nitrogens with zero attached hydrogens (tertiary/aromatic N) is 2. The number of anilines is 1. The van der Waals surface area contributed by atoms with Gasteiger partial charge in [-0.05, 0) is 26.8 Å². The normalized spacial score (nSPS) is 10.4. The molecule has 1 amide bonds. The maximum absolute atomic E-state index is 11.8. The first kappa shape index (κ1) is 10.4. The van der Waals surface area contributed by atoms with Crippen LogP contribution in [-0.2, 0) is 0 Å². The predicted octanol–water partition coefficient (Wildman–Crippen LogP) is 1.58. The number of aryl methyl sites for hydroxylation is 3. The minimum Gasteiger partial charge on any atom is -0.359 e. The standard InChI is InChI=1S/C10H12N4O2/c1-5-4-8(13-12-5)10(15)11-9-6(2)14-16-7(9)3/h4H,1-3H3,(H,11,15)(H,12,13). The van der Waals surface area contributed by atoms with E-state index < -0.39 is 0 Å². The monoisotopic (exact) mass is 220 g/mol. The number of carbonyl (C=O) groups excluding carboxylic acids is 1. The number of rotatable bonds is 2. The molecule has 0 aliphatic rings. The molecule has 0 bridgehead atoms. The molecule has 0 aliphatic carbocycles. The molecule has 2 heterocycles. The van der Waals surface area contributed by atoms with Gasteiger partial charge in [-0.25, -0.2) is 0 Å². The zero-order chi connectivity index (χ0) is 11.7. The van der Waals surface area contributed by atoms with Crippen LogP contribution in [0.25, 0.3) is 0 Å². The molecule has 2 aromatic heterocycles. The Hall–Kier alpha value is -2.11. The molecule has 2 rings (SSSR count). The molecule has 0 aromatic carbocycles. The zero-order valence-electron chi connectivity index (χ0n) is 9.29. The fourth-order valence-corrected chi connectivity index (χ4v) is 1.37. The van der Waals surface area contributed by atoms with Gasteiger partial charge in [0.1, 0.15) is 11.4 Å². The summed E-state index contributed by atoms with van der Waals surface area (Å²) >= 11 is 0. The minimum absolute atomic E-state index is 0.279. The van der Waals surface area contributed by atoms with Crippen molar-refractivity contribution in [3.05, 3.63) is 28.9 Å². The lowest BCUT2D eigenvalue weighted by Gasteiger charge is -2.00. The third kappa shape index (κ3) is 1.81. The number of aromatic nitrogens is 3. The molecule has 0 saturated heterocycles. The Bertz CT molecular complexity index is 507. The van der Waals surface area contributed by atoms with Crippen molar-refractivity contribution in [3.8, 4) is 0 Å². The van der Waals surface area contributed by atoms with Gasteiger partial charge in [0, 0.05) is 5.69 Å². The topological polar surface area (TPSA) is 83.8 Å². The Morgan fingerprint density at radius 2 is 2.19 bits per heavy atom. The van der Waals surface area contributed by atoms with Crippen LogP contribution in [0.1, 0.15) is 27.6 Å². The van der Waals surface area contributed by atoms with Crippen LogP contribution in [0.2, 0.25) is 0 Å². The molecule has 0 aliphatic heterocycles. The van der Waals surface area contributed by atoms with Gasteiger partial charge in [-0.1, -0.05) is 5.16 Å².